The number of hydrogen-bond donors (Lipinski definition) is 4. The lowest BCUT2D eigenvalue weighted by molar-refractivity contribution is -0.138. The van der Waals surface area contributed by atoms with Crippen LogP contribution >= 0.6 is 0 Å². The van der Waals surface area contributed by atoms with Crippen molar-refractivity contribution in [1.29, 1.82) is 5.41 Å². The second-order valence-electron chi connectivity index (χ2n) is 9.46. The summed E-state index contributed by atoms with van der Waals surface area (Å²) in [6.07, 6.45) is -0.705. The van der Waals surface area contributed by atoms with Crippen LogP contribution in [-0.4, -0.2) is 79.0 Å². The number of nitrogens with two attached hydrogens (primary N) is 1. The lowest BCUT2D eigenvalue weighted by Gasteiger charge is -2.34. The van der Waals surface area contributed by atoms with Gasteiger partial charge in [-0.25, -0.2) is 9.97 Å². The number of ether oxygens (including phenoxy) is 1. The Morgan fingerprint density at radius 3 is 2.42 bits per heavy atom. The Morgan fingerprint density at radius 2 is 1.79 bits per heavy atom. The minimum absolute atomic E-state index is 0.0740. The summed E-state index contributed by atoms with van der Waals surface area (Å²) in [7, 11) is 3.01. The van der Waals surface area contributed by atoms with Crippen LogP contribution in [0.5, 0.6) is 0 Å². The van der Waals surface area contributed by atoms with Crippen LogP contribution in [0.4, 0.5) is 30.5 Å². The van der Waals surface area contributed by atoms with Crippen molar-refractivity contribution in [3.63, 3.8) is 0 Å². The summed E-state index contributed by atoms with van der Waals surface area (Å²) >= 11 is 0. The van der Waals surface area contributed by atoms with Gasteiger partial charge in [-0.1, -0.05) is 24.8 Å². The number of methoxy groups -OCH3 is 1. The highest BCUT2D eigenvalue weighted by Gasteiger charge is 2.34. The van der Waals surface area contributed by atoms with E-state index in [1.807, 2.05) is 0 Å². The molecule has 1 amide bonds. The van der Waals surface area contributed by atoms with Gasteiger partial charge in [-0.05, 0) is 42.4 Å². The number of hydrogen-bond acceptors (Lipinski definition) is 9. The van der Waals surface area contributed by atoms with Crippen molar-refractivity contribution in [1.82, 2.24) is 19.8 Å². The lowest BCUT2D eigenvalue weighted by atomic mass is 10.0. The zero-order valence-electron chi connectivity index (χ0n) is 24.3. The normalized spacial score (nSPS) is 13.5. The molecule has 1 fully saturated rings. The number of aromatic nitrogens is 2. The summed E-state index contributed by atoms with van der Waals surface area (Å²) in [5, 5.41) is 12.9. The van der Waals surface area contributed by atoms with Gasteiger partial charge in [0.25, 0.3) is 0 Å². The van der Waals surface area contributed by atoms with Crippen LogP contribution in [0, 0.1) is 17.3 Å². The minimum atomic E-state index is -4.31. The molecule has 1 aliphatic heterocycles. The van der Waals surface area contributed by atoms with E-state index in [0.717, 1.165) is 32.7 Å². The van der Waals surface area contributed by atoms with Gasteiger partial charge in [0, 0.05) is 69.0 Å². The molecule has 1 saturated heterocycles. The first-order valence-corrected chi connectivity index (χ1v) is 13.5. The molecule has 228 valence electrons. The first kappa shape index (κ1) is 32.8. The highest BCUT2D eigenvalue weighted by molar-refractivity contribution is 5.96. The number of halogens is 3. The van der Waals surface area contributed by atoms with Crippen LogP contribution in [0.15, 0.2) is 48.8 Å². The summed E-state index contributed by atoms with van der Waals surface area (Å²) in [4.78, 5) is 22.7. The van der Waals surface area contributed by atoms with Gasteiger partial charge >= 0.3 is 6.18 Å². The van der Waals surface area contributed by atoms with Gasteiger partial charge in [0.05, 0.1) is 18.2 Å². The van der Waals surface area contributed by atoms with E-state index in [1.165, 1.54) is 19.4 Å². The maximum absolute atomic E-state index is 13.2. The van der Waals surface area contributed by atoms with Crippen molar-refractivity contribution in [3.05, 3.63) is 76.6 Å². The molecule has 10 nitrogen and oxygen atoms in total. The van der Waals surface area contributed by atoms with E-state index < -0.39 is 11.7 Å². The molecule has 0 bridgehead atoms. The molecule has 2 aromatic heterocycles. The molecule has 1 aromatic carbocycles. The molecule has 43 heavy (non-hydrogen) atoms. The fraction of sp³-hybridized carbons (Fsp3) is 0.333. The van der Waals surface area contributed by atoms with Gasteiger partial charge in [0.1, 0.15) is 11.6 Å². The second kappa shape index (κ2) is 15.5. The Labute approximate surface area is 249 Å². The number of alkyl halides is 3. The highest BCUT2D eigenvalue weighted by atomic mass is 19.4. The smallest absolute Gasteiger partial charge is 0.416 e. The van der Waals surface area contributed by atoms with Crippen molar-refractivity contribution < 1.29 is 22.7 Å². The Morgan fingerprint density at radius 1 is 1.09 bits per heavy atom. The molecule has 0 unspecified atom stereocenters. The van der Waals surface area contributed by atoms with Crippen molar-refractivity contribution >= 4 is 29.6 Å². The van der Waals surface area contributed by atoms with E-state index >= 15 is 0 Å². The first-order valence-electron chi connectivity index (χ1n) is 13.5. The fourth-order valence-corrected chi connectivity index (χ4v) is 4.27. The van der Waals surface area contributed by atoms with Crippen LogP contribution < -0.4 is 16.4 Å². The van der Waals surface area contributed by atoms with Crippen molar-refractivity contribution in [2.75, 3.05) is 63.2 Å². The number of amides is 1. The number of likely N-dealkylation sites (N-methyl/N-ethyl adjacent to an activating group) is 1. The third-order valence-corrected chi connectivity index (χ3v) is 6.70. The molecule has 3 aromatic rings. The first-order chi connectivity index (χ1) is 20.6. The molecule has 3 heterocycles. The number of pyridine rings is 2. The molecular weight excluding hydrogens is 561 g/mol. The van der Waals surface area contributed by atoms with Crippen LogP contribution in [0.1, 0.15) is 34.7 Å². The predicted molar refractivity (Wildman–Crippen MR) is 161 cm³/mol. The number of anilines is 3. The summed E-state index contributed by atoms with van der Waals surface area (Å²) < 4.78 is 44.4. The highest BCUT2D eigenvalue weighted by Crippen LogP contribution is 2.34. The number of nitrogens with zero attached hydrogens (tertiary/aromatic N) is 4. The molecule has 0 spiro atoms. The molecule has 4 rings (SSSR count). The topological polar surface area (TPSA) is 132 Å². The van der Waals surface area contributed by atoms with Crippen molar-refractivity contribution in [2.24, 2.45) is 0 Å². The van der Waals surface area contributed by atoms with Gasteiger partial charge in [-0.3, -0.25) is 15.1 Å². The van der Waals surface area contributed by atoms with E-state index in [2.05, 4.69) is 49.2 Å². The molecule has 0 radical (unpaired) electrons. The van der Waals surface area contributed by atoms with E-state index in [1.54, 1.807) is 43.6 Å². The molecule has 5 N–H and O–H groups in total. The zero-order chi connectivity index (χ0) is 31.4. The maximum Gasteiger partial charge on any atom is 0.416 e. The molecule has 13 heteroatoms. The quantitative estimate of drug-likeness (QED) is 0.140. The summed E-state index contributed by atoms with van der Waals surface area (Å²) in [6.45, 7) is 6.94. The molecule has 0 saturated carbocycles. The van der Waals surface area contributed by atoms with Crippen LogP contribution in [0.25, 0.3) is 0 Å². The Balaban J connectivity index is 0.000000236. The summed E-state index contributed by atoms with van der Waals surface area (Å²) in [5.41, 5.74) is 7.66. The van der Waals surface area contributed by atoms with Gasteiger partial charge in [0.15, 0.2) is 0 Å². The Bertz CT molecular complexity index is 1460. The molecule has 1 aliphatic rings. The zero-order valence-corrected chi connectivity index (χ0v) is 24.3. The number of benzene rings is 1. The van der Waals surface area contributed by atoms with E-state index in [4.69, 9.17) is 15.9 Å². The van der Waals surface area contributed by atoms with Gasteiger partial charge in [-0.15, -0.1) is 0 Å². The third kappa shape index (κ3) is 9.69. The average Bonchev–Trinajstić information content (AvgIpc) is 3.01. The Hall–Kier alpha value is -4.67. The summed E-state index contributed by atoms with van der Waals surface area (Å²) in [5.74, 6) is 6.39. The molecule has 0 atom stereocenters. The second-order valence-corrected chi connectivity index (χ2v) is 9.46. The fourth-order valence-electron chi connectivity index (χ4n) is 4.27. The monoisotopic (exact) mass is 596 g/mol. The number of rotatable bonds is 7. The molecule has 0 aliphatic carbocycles. The van der Waals surface area contributed by atoms with E-state index in [0.29, 0.717) is 46.7 Å². The maximum atomic E-state index is 13.2. The average molecular weight is 597 g/mol. The van der Waals surface area contributed by atoms with Crippen LogP contribution in [-0.2, 0) is 22.3 Å². The Kier molecular flexibility index (Phi) is 11.9. The standard InChI is InChI=1S/C15H22F3N3.C15H13N5O2/c1-3-20-6-8-21(9-7-20)11-12-4-5-13(19-2)10-14(12)15(16,17)18;1-22-15(17)12-6-11(8-19-14(12)16)3-2-10-4-5-18-13(7-10)20-9-21/h4-5,10,19H,3,6-9,11H2,1-2H3;4-9,17H,1H3,(H2,16,19)(H,18,20,21). The van der Waals surface area contributed by atoms with Crippen LogP contribution in [0.3, 0.4) is 0 Å². The van der Waals surface area contributed by atoms with Crippen molar-refractivity contribution in [2.45, 2.75) is 19.6 Å². The number of nitrogens with one attached hydrogen (secondary N) is 3. The molecular formula is C30H35F3N8O2. The van der Waals surface area contributed by atoms with Gasteiger partial charge in [-0.2, -0.15) is 13.2 Å². The van der Waals surface area contributed by atoms with Crippen LogP contribution in [0.2, 0.25) is 0 Å². The number of piperazine rings is 1. The minimum Gasteiger partial charge on any atom is -0.481 e. The largest absolute Gasteiger partial charge is 0.481 e. The number of carbonyl (C=O) groups is 1. The summed E-state index contributed by atoms with van der Waals surface area (Å²) in [6, 6.07) is 9.47. The van der Waals surface area contributed by atoms with Crippen molar-refractivity contribution in [3.8, 4) is 11.8 Å². The lowest BCUT2D eigenvalue weighted by Crippen LogP contribution is -2.45. The number of nitrogen functional groups attached to an aromatic ring is 1. The van der Waals surface area contributed by atoms with E-state index in [9.17, 15) is 18.0 Å². The van der Waals surface area contributed by atoms with Gasteiger partial charge < -0.3 is 26.0 Å². The third-order valence-electron chi connectivity index (χ3n) is 6.70. The van der Waals surface area contributed by atoms with Gasteiger partial charge in [0.2, 0.25) is 12.3 Å². The SMILES string of the molecule is CCN1CCN(Cc2ccc(NC)cc2C(F)(F)F)CC1.COC(=N)c1cc(C#Cc2ccnc(NC=O)c2)cnc1N. The predicted octanol–water partition coefficient (Wildman–Crippen LogP) is 3.88. The van der Waals surface area contributed by atoms with E-state index in [-0.39, 0.29) is 11.7 Å². The number of carbonyl (C=O) groups excluding carboxylic acids is 1.